The fraction of sp³-hybridized carbons (Fsp3) is 0.143. The molecule has 2 nitrogen and oxygen atoms in total. The van der Waals surface area contributed by atoms with E-state index in [4.69, 9.17) is 0 Å². The van der Waals surface area contributed by atoms with Crippen LogP contribution in [0.25, 0.3) is 17.2 Å². The van der Waals surface area contributed by atoms with Gasteiger partial charge in [-0.15, -0.1) is 0 Å². The molecule has 23 heavy (non-hydrogen) atoms. The Morgan fingerprint density at radius 1 is 1.09 bits per heavy atom. The predicted molar refractivity (Wildman–Crippen MR) is 94.0 cm³/mol. The molecular weight excluding hydrogens is 284 g/mol. The molecule has 0 bridgehead atoms. The van der Waals surface area contributed by atoms with Gasteiger partial charge in [0.15, 0.2) is 0 Å². The highest BCUT2D eigenvalue weighted by molar-refractivity contribution is 5.91. The molecule has 4 rings (SSSR count). The lowest BCUT2D eigenvalue weighted by Crippen LogP contribution is -1.98. The van der Waals surface area contributed by atoms with Gasteiger partial charge in [-0.3, -0.25) is 0 Å². The van der Waals surface area contributed by atoms with E-state index >= 15 is 0 Å². The van der Waals surface area contributed by atoms with Crippen molar-refractivity contribution in [2.24, 2.45) is 0 Å². The first-order valence-corrected chi connectivity index (χ1v) is 7.89. The molecule has 0 fully saturated rings. The number of allylic oxidation sites excluding steroid dienone is 4. The first-order valence-electron chi connectivity index (χ1n) is 7.89. The van der Waals surface area contributed by atoms with Crippen molar-refractivity contribution in [3.63, 3.8) is 0 Å². The van der Waals surface area contributed by atoms with E-state index in [0.29, 0.717) is 5.75 Å². The lowest BCUT2D eigenvalue weighted by atomic mass is 9.97. The SMILES string of the molecule is OCC1C=Cc2cc(C3=CCC(c4ccccc4O)=C3)ccc21. The molecule has 0 saturated heterocycles. The summed E-state index contributed by atoms with van der Waals surface area (Å²) in [6.45, 7) is 0.156. The molecule has 2 aliphatic rings. The Labute approximate surface area is 135 Å². The van der Waals surface area contributed by atoms with Crippen LogP contribution in [0.4, 0.5) is 0 Å². The highest BCUT2D eigenvalue weighted by Gasteiger charge is 2.18. The quantitative estimate of drug-likeness (QED) is 0.884. The molecule has 2 N–H and O–H groups in total. The fourth-order valence-corrected chi connectivity index (χ4v) is 3.38. The van der Waals surface area contributed by atoms with Crippen LogP contribution in [0, 0.1) is 0 Å². The number of para-hydroxylation sites is 1. The van der Waals surface area contributed by atoms with E-state index < -0.39 is 0 Å². The smallest absolute Gasteiger partial charge is 0.123 e. The summed E-state index contributed by atoms with van der Waals surface area (Å²) >= 11 is 0. The minimum atomic E-state index is 0.129. The van der Waals surface area contributed by atoms with Crippen molar-refractivity contribution in [2.75, 3.05) is 6.61 Å². The van der Waals surface area contributed by atoms with Crippen molar-refractivity contribution in [2.45, 2.75) is 12.3 Å². The molecule has 1 atom stereocenters. The number of phenolic OH excluding ortho intramolecular Hbond substituents is 1. The van der Waals surface area contributed by atoms with Gasteiger partial charge >= 0.3 is 0 Å². The van der Waals surface area contributed by atoms with E-state index in [1.165, 1.54) is 22.3 Å². The van der Waals surface area contributed by atoms with Gasteiger partial charge in [0, 0.05) is 11.5 Å². The van der Waals surface area contributed by atoms with Crippen LogP contribution < -0.4 is 0 Å². The molecule has 114 valence electrons. The summed E-state index contributed by atoms with van der Waals surface area (Å²) in [5.74, 6) is 0.458. The molecule has 2 heteroatoms. The third-order valence-electron chi connectivity index (χ3n) is 4.65. The Bertz CT molecular complexity index is 856. The Morgan fingerprint density at radius 2 is 1.96 bits per heavy atom. The number of rotatable bonds is 3. The summed E-state index contributed by atoms with van der Waals surface area (Å²) in [6, 6.07) is 13.9. The predicted octanol–water partition coefficient (Wildman–Crippen LogP) is 4.37. The van der Waals surface area contributed by atoms with Gasteiger partial charge in [-0.1, -0.05) is 54.6 Å². The minimum Gasteiger partial charge on any atom is -0.507 e. The van der Waals surface area contributed by atoms with Crippen molar-refractivity contribution in [3.8, 4) is 5.75 Å². The molecule has 0 saturated carbocycles. The lowest BCUT2D eigenvalue weighted by Gasteiger charge is -2.09. The first-order chi connectivity index (χ1) is 11.3. The Balaban J connectivity index is 1.66. The molecule has 2 aliphatic carbocycles. The minimum absolute atomic E-state index is 0.129. The van der Waals surface area contributed by atoms with Gasteiger partial charge < -0.3 is 10.2 Å². The van der Waals surface area contributed by atoms with Crippen LogP contribution in [0.1, 0.15) is 34.6 Å². The van der Waals surface area contributed by atoms with Gasteiger partial charge in [0.05, 0.1) is 6.61 Å². The molecule has 0 heterocycles. The number of hydrogen-bond donors (Lipinski definition) is 2. The topological polar surface area (TPSA) is 40.5 Å². The van der Waals surface area contributed by atoms with Gasteiger partial charge in [0.2, 0.25) is 0 Å². The normalized spacial score (nSPS) is 18.7. The maximum Gasteiger partial charge on any atom is 0.123 e. The number of aromatic hydroxyl groups is 1. The third-order valence-corrected chi connectivity index (χ3v) is 4.65. The standard InChI is InChI=1S/C21H18O2/c22-13-18-8-7-16-11-15(9-10-19(16)18)14-5-6-17(12-14)20-3-1-2-4-21(20)23/h1-5,7-12,18,22-23H,6,13H2. The molecule has 0 aliphatic heterocycles. The molecule has 0 aromatic heterocycles. The van der Waals surface area contributed by atoms with Crippen molar-refractivity contribution >= 4 is 17.2 Å². The average molecular weight is 302 g/mol. The number of aliphatic hydroxyl groups is 1. The van der Waals surface area contributed by atoms with E-state index in [0.717, 1.165) is 17.6 Å². The number of fused-ring (bicyclic) bond motifs is 1. The Morgan fingerprint density at radius 3 is 2.78 bits per heavy atom. The van der Waals surface area contributed by atoms with Crippen molar-refractivity contribution in [1.82, 2.24) is 0 Å². The summed E-state index contributed by atoms with van der Waals surface area (Å²) in [5, 5.41) is 19.4. The number of phenols is 1. The van der Waals surface area contributed by atoms with Crippen LogP contribution in [0.15, 0.2) is 60.7 Å². The summed E-state index contributed by atoms with van der Waals surface area (Å²) in [5.41, 5.74) is 6.79. The Hall–Kier alpha value is -2.58. The number of benzene rings is 2. The maximum atomic E-state index is 10.0. The van der Waals surface area contributed by atoms with Gasteiger partial charge in [0.1, 0.15) is 5.75 Å². The fourth-order valence-electron chi connectivity index (χ4n) is 3.38. The monoisotopic (exact) mass is 302 g/mol. The van der Waals surface area contributed by atoms with Crippen molar-refractivity contribution < 1.29 is 10.2 Å². The molecule has 0 spiro atoms. The highest BCUT2D eigenvalue weighted by Crippen LogP contribution is 2.37. The summed E-state index contributed by atoms with van der Waals surface area (Å²) in [4.78, 5) is 0. The third kappa shape index (κ3) is 2.41. The van der Waals surface area contributed by atoms with E-state index in [-0.39, 0.29) is 12.5 Å². The van der Waals surface area contributed by atoms with Crippen molar-refractivity contribution in [1.29, 1.82) is 0 Å². The summed E-state index contributed by atoms with van der Waals surface area (Å²) in [7, 11) is 0. The number of aliphatic hydroxyl groups excluding tert-OH is 1. The van der Waals surface area contributed by atoms with E-state index in [1.54, 1.807) is 6.07 Å². The second kappa shape index (κ2) is 5.56. The number of hydrogen-bond acceptors (Lipinski definition) is 2. The molecule has 0 amide bonds. The van der Waals surface area contributed by atoms with Crippen LogP contribution in [-0.2, 0) is 0 Å². The Kier molecular flexibility index (Phi) is 3.40. The summed E-state index contributed by atoms with van der Waals surface area (Å²) in [6.07, 6.45) is 9.33. The average Bonchev–Trinajstić information content (AvgIpc) is 3.21. The van der Waals surface area contributed by atoms with E-state index in [2.05, 4.69) is 42.5 Å². The second-order valence-electron chi connectivity index (χ2n) is 6.04. The zero-order valence-electron chi connectivity index (χ0n) is 12.7. The zero-order valence-corrected chi connectivity index (χ0v) is 12.7. The van der Waals surface area contributed by atoms with Gasteiger partial charge in [-0.05, 0) is 46.4 Å². The van der Waals surface area contributed by atoms with Crippen LogP contribution in [-0.4, -0.2) is 16.8 Å². The lowest BCUT2D eigenvalue weighted by molar-refractivity contribution is 0.284. The summed E-state index contributed by atoms with van der Waals surface area (Å²) < 4.78 is 0. The highest BCUT2D eigenvalue weighted by atomic mass is 16.3. The van der Waals surface area contributed by atoms with Gasteiger partial charge in [-0.25, -0.2) is 0 Å². The molecular formula is C21H18O2. The molecule has 2 aromatic carbocycles. The van der Waals surface area contributed by atoms with Crippen LogP contribution in [0.5, 0.6) is 5.75 Å². The van der Waals surface area contributed by atoms with Crippen molar-refractivity contribution in [3.05, 3.63) is 82.9 Å². The zero-order chi connectivity index (χ0) is 15.8. The maximum absolute atomic E-state index is 10.0. The second-order valence-corrected chi connectivity index (χ2v) is 6.04. The van der Waals surface area contributed by atoms with Crippen LogP contribution in [0.3, 0.4) is 0 Å². The largest absolute Gasteiger partial charge is 0.507 e. The van der Waals surface area contributed by atoms with Crippen LogP contribution >= 0.6 is 0 Å². The molecule has 1 unspecified atom stereocenters. The first kappa shape index (κ1) is 14.0. The van der Waals surface area contributed by atoms with Gasteiger partial charge in [0.25, 0.3) is 0 Å². The van der Waals surface area contributed by atoms with Gasteiger partial charge in [-0.2, -0.15) is 0 Å². The van der Waals surface area contributed by atoms with E-state index in [9.17, 15) is 10.2 Å². The molecule has 2 aromatic rings. The van der Waals surface area contributed by atoms with Crippen LogP contribution in [0.2, 0.25) is 0 Å². The van der Waals surface area contributed by atoms with E-state index in [1.807, 2.05) is 18.2 Å². The molecule has 0 radical (unpaired) electrons.